The molecule has 4 nitrogen and oxygen atoms in total. The van der Waals surface area contributed by atoms with Gasteiger partial charge in [-0.1, -0.05) is 0 Å². The van der Waals surface area contributed by atoms with Crippen molar-refractivity contribution in [2.75, 3.05) is 13.2 Å². The standard InChI is InChI=1S/C11H13F2NO3S/c12-8-1-4-11(10(13)7-8)18(16,17)14(5-6-15)9-2-3-9/h1,4,7,9,15H,2-3,5-6H2. The summed E-state index contributed by atoms with van der Waals surface area (Å²) < 4.78 is 51.7. The first kappa shape index (κ1) is 13.4. The van der Waals surface area contributed by atoms with Crippen molar-refractivity contribution >= 4 is 10.0 Å². The SMILES string of the molecule is O=S(=O)(c1ccc(F)cc1F)N(CCO)C1CC1. The lowest BCUT2D eigenvalue weighted by Gasteiger charge is -2.21. The fourth-order valence-electron chi connectivity index (χ4n) is 1.77. The van der Waals surface area contributed by atoms with Gasteiger partial charge in [0.1, 0.15) is 16.5 Å². The Balaban J connectivity index is 2.39. The second kappa shape index (κ2) is 4.91. The van der Waals surface area contributed by atoms with Crippen molar-refractivity contribution in [1.29, 1.82) is 0 Å². The highest BCUT2D eigenvalue weighted by Crippen LogP contribution is 2.32. The highest BCUT2D eigenvalue weighted by molar-refractivity contribution is 7.89. The fourth-order valence-corrected chi connectivity index (χ4v) is 3.49. The molecule has 0 aromatic heterocycles. The molecule has 1 aromatic rings. The number of sulfonamides is 1. The summed E-state index contributed by atoms with van der Waals surface area (Å²) in [5.74, 6) is -1.94. The van der Waals surface area contributed by atoms with E-state index in [1.165, 1.54) is 0 Å². The Labute approximate surface area is 104 Å². The van der Waals surface area contributed by atoms with Crippen LogP contribution >= 0.6 is 0 Å². The van der Waals surface area contributed by atoms with Crippen LogP contribution < -0.4 is 0 Å². The molecule has 2 rings (SSSR count). The zero-order valence-corrected chi connectivity index (χ0v) is 10.3. The summed E-state index contributed by atoms with van der Waals surface area (Å²) in [5, 5.41) is 8.88. The number of rotatable bonds is 5. The van der Waals surface area contributed by atoms with Crippen molar-refractivity contribution in [1.82, 2.24) is 4.31 Å². The molecule has 100 valence electrons. The van der Waals surface area contributed by atoms with Crippen LogP contribution in [0.3, 0.4) is 0 Å². The van der Waals surface area contributed by atoms with Crippen molar-refractivity contribution in [3.05, 3.63) is 29.8 Å². The summed E-state index contributed by atoms with van der Waals surface area (Å²) >= 11 is 0. The van der Waals surface area contributed by atoms with Gasteiger partial charge in [0.25, 0.3) is 0 Å². The van der Waals surface area contributed by atoms with E-state index in [-0.39, 0.29) is 19.2 Å². The highest BCUT2D eigenvalue weighted by atomic mass is 32.2. The third kappa shape index (κ3) is 2.52. The molecule has 0 amide bonds. The Bertz CT molecular complexity index is 543. The Morgan fingerprint density at radius 1 is 1.33 bits per heavy atom. The van der Waals surface area contributed by atoms with Gasteiger partial charge in [-0.15, -0.1) is 0 Å². The minimum atomic E-state index is -4.02. The van der Waals surface area contributed by atoms with Crippen molar-refractivity contribution in [3.8, 4) is 0 Å². The molecule has 0 spiro atoms. The van der Waals surface area contributed by atoms with E-state index in [2.05, 4.69) is 0 Å². The fraction of sp³-hybridized carbons (Fsp3) is 0.455. The molecule has 1 fully saturated rings. The molecule has 1 aliphatic rings. The molecule has 1 saturated carbocycles. The predicted molar refractivity (Wildman–Crippen MR) is 60.4 cm³/mol. The average Bonchev–Trinajstić information content (AvgIpc) is 3.08. The third-order valence-corrected chi connectivity index (χ3v) is 4.74. The van der Waals surface area contributed by atoms with Gasteiger partial charge in [-0.3, -0.25) is 0 Å². The van der Waals surface area contributed by atoms with Crippen LogP contribution in [0.5, 0.6) is 0 Å². The summed E-state index contributed by atoms with van der Waals surface area (Å²) in [4.78, 5) is -0.552. The van der Waals surface area contributed by atoms with Crippen LogP contribution in [-0.2, 0) is 10.0 Å². The van der Waals surface area contributed by atoms with Crippen molar-refractivity contribution in [2.45, 2.75) is 23.8 Å². The molecule has 0 aliphatic heterocycles. The number of hydrogen-bond donors (Lipinski definition) is 1. The zero-order chi connectivity index (χ0) is 13.3. The Morgan fingerprint density at radius 2 is 2.00 bits per heavy atom. The van der Waals surface area contributed by atoms with E-state index in [1.54, 1.807) is 0 Å². The van der Waals surface area contributed by atoms with Crippen LogP contribution in [0.25, 0.3) is 0 Å². The van der Waals surface area contributed by atoms with E-state index in [1.807, 2.05) is 0 Å². The van der Waals surface area contributed by atoms with Crippen molar-refractivity contribution in [3.63, 3.8) is 0 Å². The van der Waals surface area contributed by atoms with E-state index >= 15 is 0 Å². The molecule has 7 heteroatoms. The second-order valence-electron chi connectivity index (χ2n) is 4.15. The normalized spacial score (nSPS) is 16.2. The quantitative estimate of drug-likeness (QED) is 0.877. The van der Waals surface area contributed by atoms with Gasteiger partial charge in [-0.2, -0.15) is 4.31 Å². The molecular formula is C11H13F2NO3S. The summed E-state index contributed by atoms with van der Waals surface area (Å²) in [6.07, 6.45) is 1.39. The van der Waals surface area contributed by atoms with Crippen LogP contribution in [-0.4, -0.2) is 37.0 Å². The molecule has 1 aliphatic carbocycles. The Morgan fingerprint density at radius 3 is 2.50 bits per heavy atom. The topological polar surface area (TPSA) is 57.6 Å². The monoisotopic (exact) mass is 277 g/mol. The molecule has 0 heterocycles. The Kier molecular flexibility index (Phi) is 3.65. The van der Waals surface area contributed by atoms with Gasteiger partial charge in [0.05, 0.1) is 6.61 Å². The van der Waals surface area contributed by atoms with Gasteiger partial charge in [0, 0.05) is 18.7 Å². The number of benzene rings is 1. The zero-order valence-electron chi connectivity index (χ0n) is 9.51. The van der Waals surface area contributed by atoms with E-state index in [0.717, 1.165) is 16.4 Å². The molecule has 0 bridgehead atoms. The molecule has 0 atom stereocenters. The molecule has 0 radical (unpaired) electrons. The lowest BCUT2D eigenvalue weighted by molar-refractivity contribution is 0.250. The second-order valence-corrected chi connectivity index (χ2v) is 6.00. The lowest BCUT2D eigenvalue weighted by Crippen LogP contribution is -2.36. The first-order valence-corrected chi connectivity index (χ1v) is 6.98. The number of aliphatic hydroxyl groups excluding tert-OH is 1. The number of halogens is 2. The summed E-state index contributed by atoms with van der Waals surface area (Å²) in [6, 6.07) is 2.16. The number of aliphatic hydroxyl groups is 1. The van der Waals surface area contributed by atoms with Crippen LogP contribution in [0.2, 0.25) is 0 Å². The molecule has 18 heavy (non-hydrogen) atoms. The van der Waals surface area contributed by atoms with Crippen molar-refractivity contribution < 1.29 is 22.3 Å². The smallest absolute Gasteiger partial charge is 0.246 e. The van der Waals surface area contributed by atoms with Crippen LogP contribution in [0.1, 0.15) is 12.8 Å². The number of nitrogens with zero attached hydrogens (tertiary/aromatic N) is 1. The summed E-state index contributed by atoms with van der Waals surface area (Å²) in [5.41, 5.74) is 0. The van der Waals surface area contributed by atoms with Gasteiger partial charge in [0.2, 0.25) is 10.0 Å². The minimum absolute atomic E-state index is 0.0795. The Hall–Kier alpha value is -1.05. The van der Waals surface area contributed by atoms with E-state index in [9.17, 15) is 17.2 Å². The maximum absolute atomic E-state index is 13.5. The molecular weight excluding hydrogens is 264 g/mol. The molecule has 1 aromatic carbocycles. The predicted octanol–water partition coefficient (Wildman–Crippen LogP) is 1.11. The summed E-state index contributed by atoms with van der Waals surface area (Å²) in [7, 11) is -4.02. The lowest BCUT2D eigenvalue weighted by atomic mass is 10.3. The average molecular weight is 277 g/mol. The minimum Gasteiger partial charge on any atom is -0.395 e. The van der Waals surface area contributed by atoms with Gasteiger partial charge in [-0.25, -0.2) is 17.2 Å². The summed E-state index contributed by atoms with van der Waals surface area (Å²) in [6.45, 7) is -0.414. The van der Waals surface area contributed by atoms with Crippen LogP contribution in [0.4, 0.5) is 8.78 Å². The largest absolute Gasteiger partial charge is 0.395 e. The van der Waals surface area contributed by atoms with Crippen LogP contribution in [0, 0.1) is 11.6 Å². The number of hydrogen-bond acceptors (Lipinski definition) is 3. The molecule has 0 saturated heterocycles. The molecule has 0 unspecified atom stereocenters. The van der Waals surface area contributed by atoms with Gasteiger partial charge < -0.3 is 5.11 Å². The maximum Gasteiger partial charge on any atom is 0.246 e. The van der Waals surface area contributed by atoms with Gasteiger partial charge in [0.15, 0.2) is 0 Å². The van der Waals surface area contributed by atoms with Gasteiger partial charge >= 0.3 is 0 Å². The van der Waals surface area contributed by atoms with Crippen LogP contribution in [0.15, 0.2) is 23.1 Å². The molecule has 1 N–H and O–H groups in total. The van der Waals surface area contributed by atoms with E-state index in [0.29, 0.717) is 18.9 Å². The first-order valence-electron chi connectivity index (χ1n) is 5.54. The highest BCUT2D eigenvalue weighted by Gasteiger charge is 2.38. The van der Waals surface area contributed by atoms with Crippen molar-refractivity contribution in [2.24, 2.45) is 0 Å². The van der Waals surface area contributed by atoms with E-state index in [4.69, 9.17) is 5.11 Å². The third-order valence-electron chi connectivity index (χ3n) is 2.76. The van der Waals surface area contributed by atoms with E-state index < -0.39 is 26.6 Å². The maximum atomic E-state index is 13.5. The van der Waals surface area contributed by atoms with Gasteiger partial charge in [-0.05, 0) is 25.0 Å². The first-order chi connectivity index (χ1) is 8.46.